The average molecular weight is 399 g/mol. The van der Waals surface area contributed by atoms with Crippen LogP contribution < -0.4 is 10.1 Å². The number of hydrogen-bond acceptors (Lipinski definition) is 5. The number of benzene rings is 2. The highest BCUT2D eigenvalue weighted by Gasteiger charge is 2.16. The molecule has 150 valence electrons. The van der Waals surface area contributed by atoms with Crippen LogP contribution in [-0.4, -0.2) is 36.2 Å². The molecule has 30 heavy (non-hydrogen) atoms. The third-order valence-corrected chi connectivity index (χ3v) is 4.58. The number of nitrogens with one attached hydrogen (secondary N) is 1. The standard InChI is InChI=1S/C24H21N3O3/c1-29-14-15-30-24-21(12-7-13-25-24)27-23(28)19-16-22(17-8-3-2-4-9-17)26-20-11-6-5-10-18(19)20/h2-13,16H,14-15H2,1H3,(H,27,28). The zero-order valence-electron chi connectivity index (χ0n) is 16.5. The van der Waals surface area contributed by atoms with Gasteiger partial charge in [0.05, 0.1) is 23.4 Å². The van der Waals surface area contributed by atoms with Gasteiger partial charge in [-0.2, -0.15) is 0 Å². The number of fused-ring (bicyclic) bond motifs is 1. The van der Waals surface area contributed by atoms with Gasteiger partial charge >= 0.3 is 0 Å². The summed E-state index contributed by atoms with van der Waals surface area (Å²) in [5.74, 6) is 0.0971. The normalized spacial score (nSPS) is 10.7. The van der Waals surface area contributed by atoms with Crippen LogP contribution in [0, 0.1) is 0 Å². The van der Waals surface area contributed by atoms with Crippen LogP contribution in [-0.2, 0) is 4.74 Å². The molecule has 0 aliphatic carbocycles. The molecule has 0 radical (unpaired) electrons. The Kier molecular flexibility index (Phi) is 5.96. The molecule has 2 heterocycles. The summed E-state index contributed by atoms with van der Waals surface area (Å²) in [6.07, 6.45) is 1.62. The van der Waals surface area contributed by atoms with Crippen molar-refractivity contribution >= 4 is 22.5 Å². The van der Waals surface area contributed by atoms with Gasteiger partial charge in [-0.25, -0.2) is 9.97 Å². The SMILES string of the molecule is COCCOc1ncccc1NC(=O)c1cc(-c2ccccc2)nc2ccccc12. The lowest BCUT2D eigenvalue weighted by atomic mass is 10.0. The molecule has 0 fully saturated rings. The lowest BCUT2D eigenvalue weighted by molar-refractivity contribution is 0.102. The number of aromatic nitrogens is 2. The fraction of sp³-hybridized carbons (Fsp3) is 0.125. The van der Waals surface area contributed by atoms with Crippen molar-refractivity contribution in [1.29, 1.82) is 0 Å². The minimum Gasteiger partial charge on any atom is -0.474 e. The summed E-state index contributed by atoms with van der Waals surface area (Å²) in [6.45, 7) is 0.770. The van der Waals surface area contributed by atoms with Crippen LogP contribution in [0.2, 0.25) is 0 Å². The minimum absolute atomic E-state index is 0.254. The fourth-order valence-corrected chi connectivity index (χ4v) is 3.13. The molecule has 2 aromatic carbocycles. The monoisotopic (exact) mass is 399 g/mol. The zero-order valence-corrected chi connectivity index (χ0v) is 16.5. The maximum atomic E-state index is 13.2. The molecular weight excluding hydrogens is 378 g/mol. The summed E-state index contributed by atoms with van der Waals surface area (Å²) in [4.78, 5) is 22.2. The van der Waals surface area contributed by atoms with Gasteiger partial charge in [0.2, 0.25) is 5.88 Å². The van der Waals surface area contributed by atoms with Gasteiger partial charge in [0.1, 0.15) is 12.3 Å². The Morgan fingerprint density at radius 1 is 0.967 bits per heavy atom. The predicted octanol–water partition coefficient (Wildman–Crippen LogP) is 4.57. The van der Waals surface area contributed by atoms with E-state index in [1.54, 1.807) is 25.4 Å². The van der Waals surface area contributed by atoms with Crippen molar-refractivity contribution in [2.24, 2.45) is 0 Å². The first-order valence-electron chi connectivity index (χ1n) is 9.59. The molecule has 1 N–H and O–H groups in total. The van der Waals surface area contributed by atoms with E-state index in [0.717, 1.165) is 22.2 Å². The van der Waals surface area contributed by atoms with E-state index in [-0.39, 0.29) is 5.91 Å². The Morgan fingerprint density at radius 2 is 1.77 bits per heavy atom. The third kappa shape index (κ3) is 4.29. The number of hydrogen-bond donors (Lipinski definition) is 1. The van der Waals surface area contributed by atoms with E-state index < -0.39 is 0 Å². The number of carbonyl (C=O) groups is 1. The van der Waals surface area contributed by atoms with Crippen LogP contribution >= 0.6 is 0 Å². The molecule has 6 nitrogen and oxygen atoms in total. The molecule has 0 unspecified atom stereocenters. The topological polar surface area (TPSA) is 73.3 Å². The van der Waals surface area contributed by atoms with Crippen LogP contribution in [0.5, 0.6) is 5.88 Å². The summed E-state index contributed by atoms with van der Waals surface area (Å²) in [5, 5.41) is 3.71. The molecule has 4 aromatic rings. The largest absolute Gasteiger partial charge is 0.474 e. The molecular formula is C24H21N3O3. The maximum absolute atomic E-state index is 13.2. The van der Waals surface area contributed by atoms with Gasteiger partial charge < -0.3 is 14.8 Å². The van der Waals surface area contributed by atoms with Crippen LogP contribution in [0.15, 0.2) is 79.0 Å². The number of rotatable bonds is 7. The number of ether oxygens (including phenoxy) is 2. The highest BCUT2D eigenvalue weighted by atomic mass is 16.5. The molecule has 0 bridgehead atoms. The van der Waals surface area contributed by atoms with E-state index in [0.29, 0.717) is 30.3 Å². The second-order valence-electron chi connectivity index (χ2n) is 6.59. The van der Waals surface area contributed by atoms with Crippen molar-refractivity contribution in [3.63, 3.8) is 0 Å². The van der Waals surface area contributed by atoms with Gasteiger partial charge in [0, 0.05) is 24.3 Å². The molecule has 0 saturated heterocycles. The number of para-hydroxylation sites is 1. The minimum atomic E-state index is -0.254. The first-order chi connectivity index (χ1) is 14.8. The highest BCUT2D eigenvalue weighted by Crippen LogP contribution is 2.27. The average Bonchev–Trinajstić information content (AvgIpc) is 2.80. The predicted molar refractivity (Wildman–Crippen MR) is 117 cm³/mol. The Hall–Kier alpha value is -3.77. The van der Waals surface area contributed by atoms with Gasteiger partial charge in [-0.3, -0.25) is 4.79 Å². The van der Waals surface area contributed by atoms with E-state index in [9.17, 15) is 4.79 Å². The smallest absolute Gasteiger partial charge is 0.256 e. The molecule has 0 aliphatic rings. The lowest BCUT2D eigenvalue weighted by Crippen LogP contribution is -2.15. The molecule has 6 heteroatoms. The van der Waals surface area contributed by atoms with Crippen molar-refractivity contribution < 1.29 is 14.3 Å². The fourth-order valence-electron chi connectivity index (χ4n) is 3.13. The number of methoxy groups -OCH3 is 1. The summed E-state index contributed by atoms with van der Waals surface area (Å²) in [6, 6.07) is 22.7. The number of amides is 1. The van der Waals surface area contributed by atoms with Crippen LogP contribution in [0.4, 0.5) is 5.69 Å². The molecule has 0 aliphatic heterocycles. The van der Waals surface area contributed by atoms with E-state index in [1.807, 2.05) is 60.7 Å². The van der Waals surface area contributed by atoms with Gasteiger partial charge in [-0.05, 0) is 24.3 Å². The van der Waals surface area contributed by atoms with Crippen molar-refractivity contribution in [3.05, 3.63) is 84.6 Å². The van der Waals surface area contributed by atoms with Crippen LogP contribution in [0.25, 0.3) is 22.2 Å². The molecule has 2 aromatic heterocycles. The highest BCUT2D eigenvalue weighted by molar-refractivity contribution is 6.13. The number of carbonyl (C=O) groups excluding carboxylic acids is 1. The van der Waals surface area contributed by atoms with Crippen molar-refractivity contribution in [2.75, 3.05) is 25.6 Å². The van der Waals surface area contributed by atoms with Crippen molar-refractivity contribution in [2.45, 2.75) is 0 Å². The summed E-state index contributed by atoms with van der Waals surface area (Å²) in [5.41, 5.74) is 3.48. The number of anilines is 1. The van der Waals surface area contributed by atoms with Crippen LogP contribution in [0.3, 0.4) is 0 Å². The van der Waals surface area contributed by atoms with E-state index in [4.69, 9.17) is 14.5 Å². The second kappa shape index (κ2) is 9.15. The van der Waals surface area contributed by atoms with E-state index >= 15 is 0 Å². The van der Waals surface area contributed by atoms with Gasteiger partial charge in [-0.1, -0.05) is 48.5 Å². The Labute approximate surface area is 174 Å². The van der Waals surface area contributed by atoms with Crippen molar-refractivity contribution in [3.8, 4) is 17.1 Å². The second-order valence-corrected chi connectivity index (χ2v) is 6.59. The quantitative estimate of drug-likeness (QED) is 0.461. The third-order valence-electron chi connectivity index (χ3n) is 4.58. The molecule has 0 saturated carbocycles. The van der Waals surface area contributed by atoms with E-state index in [1.165, 1.54) is 0 Å². The van der Waals surface area contributed by atoms with Gasteiger partial charge in [-0.15, -0.1) is 0 Å². The zero-order chi connectivity index (χ0) is 20.8. The first kappa shape index (κ1) is 19.5. The summed E-state index contributed by atoms with van der Waals surface area (Å²) >= 11 is 0. The Morgan fingerprint density at radius 3 is 2.60 bits per heavy atom. The van der Waals surface area contributed by atoms with Crippen molar-refractivity contribution in [1.82, 2.24) is 9.97 Å². The maximum Gasteiger partial charge on any atom is 0.256 e. The molecule has 4 rings (SSSR count). The Bertz CT molecular complexity index is 1160. The number of nitrogens with zero attached hydrogens (tertiary/aromatic N) is 2. The first-order valence-corrected chi connectivity index (χ1v) is 9.59. The lowest BCUT2D eigenvalue weighted by Gasteiger charge is -2.13. The van der Waals surface area contributed by atoms with E-state index in [2.05, 4.69) is 10.3 Å². The van der Waals surface area contributed by atoms with Gasteiger partial charge in [0.25, 0.3) is 5.91 Å². The number of pyridine rings is 2. The van der Waals surface area contributed by atoms with Gasteiger partial charge in [0.15, 0.2) is 0 Å². The van der Waals surface area contributed by atoms with Crippen LogP contribution in [0.1, 0.15) is 10.4 Å². The Balaban J connectivity index is 1.70. The molecule has 1 amide bonds. The summed E-state index contributed by atoms with van der Waals surface area (Å²) in [7, 11) is 1.60. The molecule has 0 atom stereocenters. The summed E-state index contributed by atoms with van der Waals surface area (Å²) < 4.78 is 10.6. The molecule has 0 spiro atoms.